The van der Waals surface area contributed by atoms with E-state index in [9.17, 15) is 0 Å². The first-order valence-corrected chi connectivity index (χ1v) is 8.19. The first-order valence-electron chi connectivity index (χ1n) is 6.43. The maximum Gasteiger partial charge on any atom is 0.271 e. The highest BCUT2D eigenvalue weighted by atomic mass is 32.2. The second-order valence-corrected chi connectivity index (χ2v) is 6.74. The minimum Gasteiger partial charge on any atom is -0.396 e. The van der Waals surface area contributed by atoms with Gasteiger partial charge in [0.05, 0.1) is 10.3 Å². The SMILES string of the molecule is CCOC(OC)OC1CC(CCO)Sc2sccc21. The molecule has 1 N–H and O–H groups in total. The van der Waals surface area contributed by atoms with Gasteiger partial charge in [-0.3, -0.25) is 0 Å². The van der Waals surface area contributed by atoms with E-state index in [1.165, 1.54) is 9.77 Å². The number of hydrogen-bond donors (Lipinski definition) is 1. The van der Waals surface area contributed by atoms with Crippen molar-refractivity contribution in [1.82, 2.24) is 0 Å². The number of rotatable bonds is 7. The fourth-order valence-corrected chi connectivity index (χ4v) is 4.69. The van der Waals surface area contributed by atoms with Gasteiger partial charge in [0.2, 0.25) is 0 Å². The van der Waals surface area contributed by atoms with Crippen molar-refractivity contribution in [2.75, 3.05) is 20.3 Å². The molecule has 0 aromatic carbocycles. The first-order chi connectivity index (χ1) is 9.28. The van der Waals surface area contributed by atoms with Crippen LogP contribution < -0.4 is 0 Å². The van der Waals surface area contributed by atoms with Gasteiger partial charge in [0.25, 0.3) is 6.48 Å². The Morgan fingerprint density at radius 2 is 2.37 bits per heavy atom. The van der Waals surface area contributed by atoms with E-state index in [1.807, 2.05) is 18.7 Å². The third-order valence-electron chi connectivity index (χ3n) is 2.98. The molecule has 1 aliphatic heterocycles. The van der Waals surface area contributed by atoms with E-state index < -0.39 is 6.48 Å². The maximum atomic E-state index is 9.12. The van der Waals surface area contributed by atoms with Crippen molar-refractivity contribution < 1.29 is 19.3 Å². The molecule has 3 atom stereocenters. The van der Waals surface area contributed by atoms with Gasteiger partial charge in [-0.25, -0.2) is 0 Å². The molecule has 2 rings (SSSR count). The molecule has 1 aromatic rings. The Bertz CT molecular complexity index is 382. The van der Waals surface area contributed by atoms with Crippen molar-refractivity contribution in [2.45, 2.75) is 41.8 Å². The van der Waals surface area contributed by atoms with Crippen LogP contribution in [0.15, 0.2) is 15.7 Å². The minimum absolute atomic E-state index is 0.0180. The summed E-state index contributed by atoms with van der Waals surface area (Å²) in [6.07, 6.45) is 1.64. The predicted molar refractivity (Wildman–Crippen MR) is 76.5 cm³/mol. The molecular weight excluding hydrogens is 284 g/mol. The zero-order chi connectivity index (χ0) is 13.7. The summed E-state index contributed by atoms with van der Waals surface area (Å²) >= 11 is 3.56. The number of fused-ring (bicyclic) bond motifs is 1. The highest BCUT2D eigenvalue weighted by Crippen LogP contribution is 2.46. The molecule has 0 saturated heterocycles. The molecule has 0 bridgehead atoms. The number of aliphatic hydroxyl groups is 1. The fraction of sp³-hybridized carbons (Fsp3) is 0.692. The van der Waals surface area contributed by atoms with Crippen molar-refractivity contribution in [2.24, 2.45) is 0 Å². The van der Waals surface area contributed by atoms with E-state index in [-0.39, 0.29) is 12.7 Å². The lowest BCUT2D eigenvalue weighted by Crippen LogP contribution is -2.26. The van der Waals surface area contributed by atoms with Crippen LogP contribution in [-0.2, 0) is 14.2 Å². The molecule has 6 heteroatoms. The Kier molecular flexibility index (Phi) is 6.12. The molecule has 3 unspecified atom stereocenters. The van der Waals surface area contributed by atoms with E-state index in [2.05, 4.69) is 11.4 Å². The third kappa shape index (κ3) is 3.93. The fourth-order valence-electron chi connectivity index (χ4n) is 2.09. The molecule has 0 radical (unpaired) electrons. The average molecular weight is 304 g/mol. The summed E-state index contributed by atoms with van der Waals surface area (Å²) in [6, 6.07) is 2.10. The normalized spacial score (nSPS) is 24.2. The van der Waals surface area contributed by atoms with Crippen molar-refractivity contribution in [1.29, 1.82) is 0 Å². The van der Waals surface area contributed by atoms with E-state index in [0.29, 0.717) is 11.9 Å². The number of ether oxygens (including phenoxy) is 3. The molecule has 0 spiro atoms. The van der Waals surface area contributed by atoms with Crippen LogP contribution in [-0.4, -0.2) is 37.2 Å². The summed E-state index contributed by atoms with van der Waals surface area (Å²) in [6.45, 7) is 2.05. The van der Waals surface area contributed by atoms with Crippen LogP contribution in [0, 0.1) is 0 Å². The Balaban J connectivity index is 2.06. The largest absolute Gasteiger partial charge is 0.396 e. The number of aliphatic hydroxyl groups excluding tert-OH is 1. The summed E-state index contributed by atoms with van der Waals surface area (Å²) in [5, 5.41) is 11.6. The van der Waals surface area contributed by atoms with Gasteiger partial charge in [-0.15, -0.1) is 23.1 Å². The zero-order valence-corrected chi connectivity index (χ0v) is 12.8. The molecule has 0 fully saturated rings. The van der Waals surface area contributed by atoms with Crippen molar-refractivity contribution in [3.63, 3.8) is 0 Å². The summed E-state index contributed by atoms with van der Waals surface area (Å²) in [4.78, 5) is 0. The summed E-state index contributed by atoms with van der Waals surface area (Å²) in [5.41, 5.74) is 1.21. The standard InChI is InChI=1S/C13H20O4S2/c1-3-16-13(15-2)17-11-8-9(4-6-14)19-12-10(11)5-7-18-12/h5,7,9,11,13-14H,3-4,6,8H2,1-2H3. The smallest absolute Gasteiger partial charge is 0.271 e. The lowest BCUT2D eigenvalue weighted by molar-refractivity contribution is -0.295. The van der Waals surface area contributed by atoms with E-state index in [0.717, 1.165) is 12.8 Å². The minimum atomic E-state index is -0.624. The molecule has 19 heavy (non-hydrogen) atoms. The second kappa shape index (κ2) is 7.61. The van der Waals surface area contributed by atoms with Crippen LogP contribution in [0.4, 0.5) is 0 Å². The van der Waals surface area contributed by atoms with Gasteiger partial charge in [0.15, 0.2) is 0 Å². The molecule has 0 aliphatic carbocycles. The highest BCUT2D eigenvalue weighted by Gasteiger charge is 2.31. The first kappa shape index (κ1) is 15.3. The van der Waals surface area contributed by atoms with Crippen LogP contribution in [0.2, 0.25) is 0 Å². The summed E-state index contributed by atoms with van der Waals surface area (Å²) in [5.74, 6) is 0. The number of methoxy groups -OCH3 is 1. The van der Waals surface area contributed by atoms with E-state index >= 15 is 0 Å². The van der Waals surface area contributed by atoms with Gasteiger partial charge in [0, 0.05) is 31.1 Å². The number of thiophene rings is 1. The van der Waals surface area contributed by atoms with Gasteiger partial charge in [-0.2, -0.15) is 0 Å². The Morgan fingerprint density at radius 1 is 1.53 bits per heavy atom. The van der Waals surface area contributed by atoms with Gasteiger partial charge in [0.1, 0.15) is 0 Å². The van der Waals surface area contributed by atoms with Crippen LogP contribution in [0.1, 0.15) is 31.4 Å². The van der Waals surface area contributed by atoms with Crippen molar-refractivity contribution >= 4 is 23.1 Å². The average Bonchev–Trinajstić information content (AvgIpc) is 2.87. The van der Waals surface area contributed by atoms with Crippen molar-refractivity contribution in [3.05, 3.63) is 17.0 Å². The topological polar surface area (TPSA) is 47.9 Å². The van der Waals surface area contributed by atoms with Crippen LogP contribution in [0.3, 0.4) is 0 Å². The highest BCUT2D eigenvalue weighted by molar-refractivity contribution is 8.01. The van der Waals surface area contributed by atoms with E-state index in [4.69, 9.17) is 19.3 Å². The molecule has 1 aromatic heterocycles. The van der Waals surface area contributed by atoms with Crippen LogP contribution in [0.25, 0.3) is 0 Å². The molecule has 2 heterocycles. The lowest BCUT2D eigenvalue weighted by atomic mass is 10.1. The summed E-state index contributed by atoms with van der Waals surface area (Å²) in [7, 11) is 1.58. The van der Waals surface area contributed by atoms with E-state index in [1.54, 1.807) is 18.4 Å². The molecule has 1 aliphatic rings. The second-order valence-electron chi connectivity index (χ2n) is 4.26. The van der Waals surface area contributed by atoms with Gasteiger partial charge in [-0.05, 0) is 31.2 Å². The quantitative estimate of drug-likeness (QED) is 0.785. The molecular formula is C13H20O4S2. The zero-order valence-electron chi connectivity index (χ0n) is 11.2. The number of hydrogen-bond acceptors (Lipinski definition) is 6. The third-order valence-corrected chi connectivity index (χ3v) is 5.49. The molecule has 0 saturated carbocycles. The molecule has 0 amide bonds. The Hall–Kier alpha value is -0.110. The van der Waals surface area contributed by atoms with Gasteiger partial charge < -0.3 is 19.3 Å². The maximum absolute atomic E-state index is 9.12. The predicted octanol–water partition coefficient (Wildman–Crippen LogP) is 3.02. The molecule has 4 nitrogen and oxygen atoms in total. The van der Waals surface area contributed by atoms with Crippen LogP contribution >= 0.6 is 23.1 Å². The monoisotopic (exact) mass is 304 g/mol. The lowest BCUT2D eigenvalue weighted by Gasteiger charge is -2.30. The van der Waals surface area contributed by atoms with Crippen molar-refractivity contribution in [3.8, 4) is 0 Å². The van der Waals surface area contributed by atoms with Gasteiger partial charge in [-0.1, -0.05) is 0 Å². The molecule has 108 valence electrons. The Morgan fingerprint density at radius 3 is 3.05 bits per heavy atom. The Labute approximate surface area is 122 Å². The summed E-state index contributed by atoms with van der Waals surface area (Å²) < 4.78 is 17.8. The van der Waals surface area contributed by atoms with Gasteiger partial charge >= 0.3 is 0 Å². The number of thioether (sulfide) groups is 1. The van der Waals surface area contributed by atoms with Crippen LogP contribution in [0.5, 0.6) is 0 Å².